The summed E-state index contributed by atoms with van der Waals surface area (Å²) in [6, 6.07) is 7.31. The highest BCUT2D eigenvalue weighted by molar-refractivity contribution is 6.30. The van der Waals surface area contributed by atoms with Crippen molar-refractivity contribution >= 4 is 34.6 Å². The average Bonchev–Trinajstić information content (AvgIpc) is 3.46. The maximum absolute atomic E-state index is 11.8. The molecular weight excluding hydrogens is 548 g/mol. The number of imidazole rings is 1. The van der Waals surface area contributed by atoms with Crippen LogP contribution in [-0.4, -0.2) is 78.7 Å². The minimum Gasteiger partial charge on any atom is -0.387 e. The van der Waals surface area contributed by atoms with E-state index in [0.29, 0.717) is 41.6 Å². The molecule has 1 unspecified atom stereocenters. The van der Waals surface area contributed by atoms with Gasteiger partial charge in [0, 0.05) is 29.7 Å². The van der Waals surface area contributed by atoms with Gasteiger partial charge >= 0.3 is 6.03 Å². The molecule has 1 saturated heterocycles. The van der Waals surface area contributed by atoms with Crippen LogP contribution in [0.3, 0.4) is 0 Å². The summed E-state index contributed by atoms with van der Waals surface area (Å²) in [5, 5.41) is 34.4. The number of anilines is 1. The van der Waals surface area contributed by atoms with Gasteiger partial charge in [0.1, 0.15) is 24.6 Å². The van der Waals surface area contributed by atoms with Gasteiger partial charge in [0.15, 0.2) is 23.2 Å². The molecule has 0 aliphatic carbocycles. The van der Waals surface area contributed by atoms with Gasteiger partial charge in [-0.1, -0.05) is 35.9 Å². The first-order chi connectivity index (χ1) is 19.5. The van der Waals surface area contributed by atoms with E-state index in [9.17, 15) is 15.0 Å². The van der Waals surface area contributed by atoms with Gasteiger partial charge in [0.25, 0.3) is 0 Å². The number of amides is 2. The molecule has 12 nitrogen and oxygen atoms in total. The Kier molecular flexibility index (Phi) is 10.2. The minimum atomic E-state index is -1.19. The van der Waals surface area contributed by atoms with Gasteiger partial charge in [0.2, 0.25) is 0 Å². The number of urea groups is 1. The summed E-state index contributed by atoms with van der Waals surface area (Å²) in [6.45, 7) is 9.49. The maximum Gasteiger partial charge on any atom is 0.315 e. The van der Waals surface area contributed by atoms with Crippen molar-refractivity contribution in [1.82, 2.24) is 35.5 Å². The van der Waals surface area contributed by atoms with Crippen LogP contribution in [0.15, 0.2) is 49.1 Å². The molecule has 2 amide bonds. The third kappa shape index (κ3) is 8.37. The quantitative estimate of drug-likeness (QED) is 0.147. The Morgan fingerprint density at radius 3 is 2.76 bits per heavy atom. The molecule has 222 valence electrons. The van der Waals surface area contributed by atoms with Crippen LogP contribution in [0.4, 0.5) is 10.6 Å². The van der Waals surface area contributed by atoms with E-state index in [0.717, 1.165) is 12.0 Å². The summed E-state index contributed by atoms with van der Waals surface area (Å²) in [5.74, 6) is 0.531. The number of hydrogen-bond donors (Lipinski definition) is 6. The zero-order chi connectivity index (χ0) is 29.6. The summed E-state index contributed by atoms with van der Waals surface area (Å²) >= 11 is 6.08. The molecule has 3 heterocycles. The summed E-state index contributed by atoms with van der Waals surface area (Å²) in [6.07, 6.45) is 3.40. The summed E-state index contributed by atoms with van der Waals surface area (Å²) in [5.41, 5.74) is 1.69. The number of aromatic nitrogens is 4. The van der Waals surface area contributed by atoms with E-state index in [-0.39, 0.29) is 17.6 Å². The van der Waals surface area contributed by atoms with E-state index in [1.807, 2.05) is 58.0 Å². The smallest absolute Gasteiger partial charge is 0.315 e. The van der Waals surface area contributed by atoms with Gasteiger partial charge in [-0.3, -0.25) is 4.57 Å². The van der Waals surface area contributed by atoms with Crippen molar-refractivity contribution in [3.63, 3.8) is 0 Å². The largest absolute Gasteiger partial charge is 0.387 e. The van der Waals surface area contributed by atoms with Crippen LogP contribution < -0.4 is 21.3 Å². The molecule has 2 aromatic heterocycles. The van der Waals surface area contributed by atoms with Gasteiger partial charge in [-0.15, -0.1) is 0 Å². The Hall–Kier alpha value is -3.29. The highest BCUT2D eigenvalue weighted by Gasteiger charge is 2.43. The zero-order valence-electron chi connectivity index (χ0n) is 23.7. The number of aliphatic hydroxyl groups is 2. The fraction of sp³-hybridized carbons (Fsp3) is 0.500. The lowest BCUT2D eigenvalue weighted by Crippen LogP contribution is -2.46. The number of hydrogen-bond acceptors (Lipinski definition) is 9. The molecule has 1 fully saturated rings. The van der Waals surface area contributed by atoms with E-state index in [1.165, 1.54) is 12.7 Å². The van der Waals surface area contributed by atoms with E-state index < -0.39 is 24.5 Å². The zero-order valence-corrected chi connectivity index (χ0v) is 24.5. The number of carbonyl (C=O) groups is 1. The highest BCUT2D eigenvalue weighted by Crippen LogP contribution is 2.33. The SMILES string of the molecule is CC(C=C[C@H]1O[C@@H](n2cnc3c(NCc4cccc(Cl)c4)ncnc32)[C@H](O)[C@@H]1O)NCCCNC(=O)NC(C)(C)C. The van der Waals surface area contributed by atoms with Crippen LogP contribution in [0, 0.1) is 0 Å². The van der Waals surface area contributed by atoms with Crippen LogP contribution >= 0.6 is 11.6 Å². The second-order valence-electron chi connectivity index (χ2n) is 11.1. The van der Waals surface area contributed by atoms with Crippen LogP contribution in [-0.2, 0) is 11.3 Å². The second kappa shape index (κ2) is 13.6. The lowest BCUT2D eigenvalue weighted by molar-refractivity contribution is -0.0245. The molecule has 13 heteroatoms. The van der Waals surface area contributed by atoms with Crippen molar-refractivity contribution in [2.45, 2.75) is 76.8 Å². The van der Waals surface area contributed by atoms with Crippen LogP contribution in [0.1, 0.15) is 45.9 Å². The van der Waals surface area contributed by atoms with Crippen molar-refractivity contribution in [3.05, 3.63) is 59.7 Å². The van der Waals surface area contributed by atoms with Gasteiger partial charge in [-0.25, -0.2) is 19.7 Å². The third-order valence-electron chi connectivity index (χ3n) is 6.44. The number of benzene rings is 1. The van der Waals surface area contributed by atoms with E-state index in [4.69, 9.17) is 16.3 Å². The fourth-order valence-electron chi connectivity index (χ4n) is 4.42. The lowest BCUT2D eigenvalue weighted by Gasteiger charge is -2.20. The van der Waals surface area contributed by atoms with Crippen LogP contribution in [0.5, 0.6) is 0 Å². The van der Waals surface area contributed by atoms with Crippen molar-refractivity contribution in [3.8, 4) is 0 Å². The first-order valence-electron chi connectivity index (χ1n) is 13.7. The molecule has 5 atom stereocenters. The molecule has 0 radical (unpaired) electrons. The number of rotatable bonds is 11. The van der Waals surface area contributed by atoms with Crippen LogP contribution in [0.2, 0.25) is 5.02 Å². The van der Waals surface area contributed by atoms with E-state index >= 15 is 0 Å². The molecular formula is C28H39ClN8O4. The van der Waals surface area contributed by atoms with E-state index in [1.54, 1.807) is 10.6 Å². The predicted molar refractivity (Wildman–Crippen MR) is 158 cm³/mol. The van der Waals surface area contributed by atoms with Crippen LogP contribution in [0.25, 0.3) is 11.2 Å². The number of carbonyl (C=O) groups excluding carboxylic acids is 1. The Balaban J connectivity index is 1.30. The Bertz CT molecular complexity index is 1340. The number of aliphatic hydroxyl groups excluding tert-OH is 2. The summed E-state index contributed by atoms with van der Waals surface area (Å²) in [7, 11) is 0. The Morgan fingerprint density at radius 1 is 1.20 bits per heavy atom. The standard InChI is InChI=1S/C28H39ClN8O4/c1-17(30-11-6-12-31-27(40)36-28(2,3)4)9-10-20-22(38)23(39)26(41-20)37-16-35-21-24(33-15-34-25(21)37)32-14-18-7-5-8-19(29)13-18/h5,7-10,13,15-17,20,22-23,26,30,38-39H,6,11-12,14H2,1-4H3,(H2,31,36,40)(H,32,33,34)/t17?,20-,22-,23-,26-/m1/s1. The number of ether oxygens (including phenoxy) is 1. The molecule has 6 N–H and O–H groups in total. The maximum atomic E-state index is 11.8. The molecule has 1 aromatic carbocycles. The lowest BCUT2D eigenvalue weighted by atomic mass is 10.1. The number of halogens is 1. The van der Waals surface area contributed by atoms with Crippen molar-refractivity contribution in [2.75, 3.05) is 18.4 Å². The second-order valence-corrected chi connectivity index (χ2v) is 11.6. The molecule has 4 rings (SSSR count). The first kappa shape index (κ1) is 30.7. The first-order valence-corrected chi connectivity index (χ1v) is 14.0. The van der Waals surface area contributed by atoms with Gasteiger partial charge in [-0.05, 0) is 58.4 Å². The molecule has 3 aromatic rings. The Morgan fingerprint density at radius 2 is 2.00 bits per heavy atom. The van der Waals surface area contributed by atoms with Crippen molar-refractivity contribution < 1.29 is 19.7 Å². The topological polar surface area (TPSA) is 158 Å². The summed E-state index contributed by atoms with van der Waals surface area (Å²) in [4.78, 5) is 24.9. The van der Waals surface area contributed by atoms with Crippen molar-refractivity contribution in [1.29, 1.82) is 0 Å². The van der Waals surface area contributed by atoms with Gasteiger partial charge in [0.05, 0.1) is 6.33 Å². The highest BCUT2D eigenvalue weighted by atomic mass is 35.5. The monoisotopic (exact) mass is 586 g/mol. The fourth-order valence-corrected chi connectivity index (χ4v) is 4.64. The van der Waals surface area contributed by atoms with Gasteiger partial charge in [-0.2, -0.15) is 0 Å². The van der Waals surface area contributed by atoms with E-state index in [2.05, 4.69) is 36.2 Å². The molecule has 0 bridgehead atoms. The third-order valence-corrected chi connectivity index (χ3v) is 6.68. The minimum absolute atomic E-state index is 0.0136. The predicted octanol–water partition coefficient (Wildman–Crippen LogP) is 2.73. The van der Waals surface area contributed by atoms with Crippen molar-refractivity contribution in [2.24, 2.45) is 0 Å². The summed E-state index contributed by atoms with van der Waals surface area (Å²) < 4.78 is 7.64. The molecule has 1 aliphatic rings. The molecule has 41 heavy (non-hydrogen) atoms. The number of fused-ring (bicyclic) bond motifs is 1. The number of nitrogens with one attached hydrogen (secondary N) is 4. The molecule has 0 spiro atoms. The normalized spacial score (nSPS) is 21.8. The molecule has 0 saturated carbocycles. The average molecular weight is 587 g/mol. The number of nitrogens with zero attached hydrogens (tertiary/aromatic N) is 4. The molecule has 1 aliphatic heterocycles. The van der Waals surface area contributed by atoms with Gasteiger partial charge < -0.3 is 36.2 Å². The Labute approximate surface area is 244 Å².